The van der Waals surface area contributed by atoms with Gasteiger partial charge in [0, 0.05) is 32.1 Å². The van der Waals surface area contributed by atoms with E-state index in [1.807, 2.05) is 31.1 Å². The van der Waals surface area contributed by atoms with Crippen LogP contribution in [0, 0.1) is 5.92 Å². The highest BCUT2D eigenvalue weighted by Gasteiger charge is 2.32. The van der Waals surface area contributed by atoms with E-state index >= 15 is 0 Å². The van der Waals surface area contributed by atoms with E-state index in [1.165, 1.54) is 17.5 Å². The van der Waals surface area contributed by atoms with E-state index < -0.39 is 10.0 Å². The molecule has 3 rings (SSSR count). The van der Waals surface area contributed by atoms with Crippen molar-refractivity contribution in [2.45, 2.75) is 43.4 Å². The summed E-state index contributed by atoms with van der Waals surface area (Å²) >= 11 is 0. The van der Waals surface area contributed by atoms with Gasteiger partial charge >= 0.3 is 0 Å². The SMILES string of the molecule is CN(C)CCNC(=O)C1CCN(S(=O)(=O)c2ccc3c(c2)CCCC3)CC1. The molecule has 0 unspecified atom stereocenters. The van der Waals surface area contributed by atoms with Gasteiger partial charge in [0.05, 0.1) is 4.90 Å². The van der Waals surface area contributed by atoms with Crippen molar-refractivity contribution in [1.82, 2.24) is 14.5 Å². The summed E-state index contributed by atoms with van der Waals surface area (Å²) in [4.78, 5) is 14.7. The van der Waals surface area contributed by atoms with E-state index in [-0.39, 0.29) is 11.8 Å². The Labute approximate surface area is 163 Å². The number of aryl methyl sites for hydroxylation is 2. The zero-order chi connectivity index (χ0) is 19.4. The first-order valence-electron chi connectivity index (χ1n) is 9.92. The van der Waals surface area contributed by atoms with Crippen molar-refractivity contribution in [1.29, 1.82) is 0 Å². The van der Waals surface area contributed by atoms with Gasteiger partial charge in [-0.05, 0) is 75.9 Å². The number of likely N-dealkylation sites (N-methyl/N-ethyl adjacent to an activating group) is 1. The number of fused-ring (bicyclic) bond motifs is 1. The van der Waals surface area contributed by atoms with E-state index in [9.17, 15) is 13.2 Å². The Kier molecular flexibility index (Phi) is 6.55. The van der Waals surface area contributed by atoms with Crippen LogP contribution < -0.4 is 5.32 Å². The first-order chi connectivity index (χ1) is 12.9. The Morgan fingerprint density at radius 1 is 1.15 bits per heavy atom. The van der Waals surface area contributed by atoms with E-state index in [0.29, 0.717) is 37.4 Å². The molecule has 0 atom stereocenters. The zero-order valence-corrected chi connectivity index (χ0v) is 17.2. The molecule has 1 N–H and O–H groups in total. The number of nitrogens with zero attached hydrogens (tertiary/aromatic N) is 2. The van der Waals surface area contributed by atoms with Crippen LogP contribution in [-0.2, 0) is 27.7 Å². The number of carbonyl (C=O) groups is 1. The lowest BCUT2D eigenvalue weighted by Crippen LogP contribution is -2.44. The molecule has 6 nitrogen and oxygen atoms in total. The predicted molar refractivity (Wildman–Crippen MR) is 106 cm³/mol. The van der Waals surface area contributed by atoms with Crippen molar-refractivity contribution < 1.29 is 13.2 Å². The van der Waals surface area contributed by atoms with E-state index in [1.54, 1.807) is 10.4 Å². The smallest absolute Gasteiger partial charge is 0.243 e. The molecule has 1 fully saturated rings. The number of rotatable bonds is 6. The average Bonchev–Trinajstić information content (AvgIpc) is 2.67. The Hall–Kier alpha value is -1.44. The number of sulfonamides is 1. The van der Waals surface area contributed by atoms with Crippen molar-refractivity contribution in [2.75, 3.05) is 40.3 Å². The predicted octanol–water partition coefficient (Wildman–Crippen LogP) is 1.64. The summed E-state index contributed by atoms with van der Waals surface area (Å²) in [5, 5.41) is 2.95. The van der Waals surface area contributed by atoms with Crippen LogP contribution in [0.5, 0.6) is 0 Å². The van der Waals surface area contributed by atoms with Crippen LogP contribution in [0.3, 0.4) is 0 Å². The van der Waals surface area contributed by atoms with Crippen molar-refractivity contribution in [3.05, 3.63) is 29.3 Å². The summed E-state index contributed by atoms with van der Waals surface area (Å²) in [6, 6.07) is 5.59. The minimum atomic E-state index is -3.48. The number of carbonyl (C=O) groups excluding carboxylic acids is 1. The Morgan fingerprint density at radius 3 is 2.48 bits per heavy atom. The molecule has 1 amide bonds. The van der Waals surface area contributed by atoms with Crippen LogP contribution in [0.1, 0.15) is 36.8 Å². The molecule has 7 heteroatoms. The minimum absolute atomic E-state index is 0.0441. The number of amides is 1. The fraction of sp³-hybridized carbons (Fsp3) is 0.650. The lowest BCUT2D eigenvalue weighted by molar-refractivity contribution is -0.126. The molecular weight excluding hydrogens is 362 g/mol. The molecule has 27 heavy (non-hydrogen) atoms. The average molecular weight is 394 g/mol. The second kappa shape index (κ2) is 8.71. The number of benzene rings is 1. The van der Waals surface area contributed by atoms with Gasteiger partial charge in [0.2, 0.25) is 15.9 Å². The summed E-state index contributed by atoms with van der Waals surface area (Å²) in [5.41, 5.74) is 2.46. The minimum Gasteiger partial charge on any atom is -0.355 e. The number of hydrogen-bond donors (Lipinski definition) is 1. The Balaban J connectivity index is 1.59. The van der Waals surface area contributed by atoms with Gasteiger partial charge in [-0.3, -0.25) is 4.79 Å². The molecule has 0 bridgehead atoms. The maximum atomic E-state index is 13.0. The summed E-state index contributed by atoms with van der Waals surface area (Å²) in [6.07, 6.45) is 5.49. The van der Waals surface area contributed by atoms with Gasteiger partial charge in [0.15, 0.2) is 0 Å². The summed E-state index contributed by atoms with van der Waals surface area (Å²) in [5.74, 6) is -0.0511. The second-order valence-corrected chi connectivity index (χ2v) is 9.85. The molecule has 0 saturated carbocycles. The van der Waals surface area contributed by atoms with Crippen LogP contribution in [0.2, 0.25) is 0 Å². The zero-order valence-electron chi connectivity index (χ0n) is 16.4. The first kappa shape index (κ1) is 20.3. The largest absolute Gasteiger partial charge is 0.355 e. The molecular formula is C20H31N3O3S. The molecule has 0 aromatic heterocycles. The van der Waals surface area contributed by atoms with Crippen LogP contribution >= 0.6 is 0 Å². The lowest BCUT2D eigenvalue weighted by Gasteiger charge is -2.31. The fourth-order valence-electron chi connectivity index (χ4n) is 3.92. The van der Waals surface area contributed by atoms with Crippen molar-refractivity contribution in [3.63, 3.8) is 0 Å². The molecule has 150 valence electrons. The third-order valence-electron chi connectivity index (χ3n) is 5.64. The fourth-order valence-corrected chi connectivity index (χ4v) is 5.45. The Morgan fingerprint density at radius 2 is 1.81 bits per heavy atom. The molecule has 0 radical (unpaired) electrons. The van der Waals surface area contributed by atoms with Crippen molar-refractivity contribution in [2.24, 2.45) is 5.92 Å². The molecule has 1 aromatic rings. The number of hydrogen-bond acceptors (Lipinski definition) is 4. The molecule has 1 aliphatic heterocycles. The lowest BCUT2D eigenvalue weighted by atomic mass is 9.92. The molecule has 1 saturated heterocycles. The van der Waals surface area contributed by atoms with Crippen molar-refractivity contribution in [3.8, 4) is 0 Å². The molecule has 2 aliphatic rings. The van der Waals surface area contributed by atoms with Crippen molar-refractivity contribution >= 4 is 15.9 Å². The molecule has 1 heterocycles. The van der Waals surface area contributed by atoms with Crippen LogP contribution in [-0.4, -0.2) is 63.8 Å². The molecule has 0 spiro atoms. The quantitative estimate of drug-likeness (QED) is 0.798. The van der Waals surface area contributed by atoms with Gasteiger partial charge in [-0.1, -0.05) is 6.07 Å². The standard InChI is InChI=1S/C20H31N3O3S/c1-22(2)14-11-21-20(24)17-9-12-23(13-10-17)27(25,26)19-8-7-16-5-3-4-6-18(16)15-19/h7-8,15,17H,3-6,9-14H2,1-2H3,(H,21,24). The first-order valence-corrected chi connectivity index (χ1v) is 11.4. The monoisotopic (exact) mass is 393 g/mol. The van der Waals surface area contributed by atoms with Crippen LogP contribution in [0.25, 0.3) is 0 Å². The van der Waals surface area contributed by atoms with Gasteiger partial charge < -0.3 is 10.2 Å². The van der Waals surface area contributed by atoms with E-state index in [0.717, 1.165) is 25.8 Å². The molecule has 1 aliphatic carbocycles. The summed E-state index contributed by atoms with van der Waals surface area (Å²) < 4.78 is 27.6. The highest BCUT2D eigenvalue weighted by molar-refractivity contribution is 7.89. The third kappa shape index (κ3) is 4.89. The van der Waals surface area contributed by atoms with Gasteiger partial charge in [0.25, 0.3) is 0 Å². The topological polar surface area (TPSA) is 69.7 Å². The van der Waals surface area contributed by atoms with E-state index in [2.05, 4.69) is 5.32 Å². The molecule has 1 aromatic carbocycles. The number of nitrogens with one attached hydrogen (secondary N) is 1. The normalized spacial score (nSPS) is 19.1. The van der Waals surface area contributed by atoms with Gasteiger partial charge in [-0.15, -0.1) is 0 Å². The second-order valence-electron chi connectivity index (χ2n) is 7.91. The highest BCUT2D eigenvalue weighted by Crippen LogP contribution is 2.28. The maximum Gasteiger partial charge on any atom is 0.243 e. The van der Waals surface area contributed by atoms with Gasteiger partial charge in [-0.25, -0.2) is 8.42 Å². The summed E-state index contributed by atoms with van der Waals surface area (Å²) in [6.45, 7) is 2.24. The summed E-state index contributed by atoms with van der Waals surface area (Å²) in [7, 11) is 0.459. The number of piperidine rings is 1. The van der Waals surface area contributed by atoms with Crippen LogP contribution in [0.4, 0.5) is 0 Å². The van der Waals surface area contributed by atoms with Gasteiger partial charge in [0.1, 0.15) is 0 Å². The van der Waals surface area contributed by atoms with Crippen LogP contribution in [0.15, 0.2) is 23.1 Å². The third-order valence-corrected chi connectivity index (χ3v) is 7.54. The maximum absolute atomic E-state index is 13.0. The highest BCUT2D eigenvalue weighted by atomic mass is 32.2. The Bertz CT molecular complexity index is 769. The van der Waals surface area contributed by atoms with Gasteiger partial charge in [-0.2, -0.15) is 4.31 Å². The van der Waals surface area contributed by atoms with E-state index in [4.69, 9.17) is 0 Å².